The molecule has 0 radical (unpaired) electrons. The number of aliphatic hydroxyl groups excluding tert-OH is 6. The van der Waals surface area contributed by atoms with Crippen LogP contribution in [0.15, 0.2) is 18.2 Å². The van der Waals surface area contributed by atoms with E-state index < -0.39 is 74.0 Å². The van der Waals surface area contributed by atoms with E-state index in [1.54, 1.807) is 0 Å². The highest BCUT2D eigenvalue weighted by Crippen LogP contribution is 2.30. The summed E-state index contributed by atoms with van der Waals surface area (Å²) >= 11 is 0. The van der Waals surface area contributed by atoms with E-state index in [0.29, 0.717) is 5.56 Å². The average Bonchev–Trinajstić information content (AvgIpc) is 2.81. The van der Waals surface area contributed by atoms with Crippen LogP contribution in [0.25, 0.3) is 0 Å². The first kappa shape index (κ1) is 26.5. The van der Waals surface area contributed by atoms with Crippen LogP contribution in [-0.4, -0.2) is 115 Å². The van der Waals surface area contributed by atoms with Gasteiger partial charge in [0.05, 0.1) is 12.7 Å². The molecule has 2 heterocycles. The zero-order valence-corrected chi connectivity index (χ0v) is 18.2. The molecule has 0 spiro atoms. The number of benzene rings is 1. The number of aliphatic hydroxyl groups is 6. The molecule has 2 saturated heterocycles. The Bertz CT molecular complexity index is 835. The fourth-order valence-corrected chi connectivity index (χ4v) is 3.82. The van der Waals surface area contributed by atoms with Crippen molar-refractivity contribution in [2.24, 2.45) is 0 Å². The van der Waals surface area contributed by atoms with Gasteiger partial charge < -0.3 is 59.8 Å². The lowest BCUT2D eigenvalue weighted by atomic mass is 9.97. The molecular weight excluding hydrogens is 460 g/mol. The average molecular weight is 490 g/mol. The predicted molar refractivity (Wildman–Crippen MR) is 109 cm³/mol. The van der Waals surface area contributed by atoms with Crippen molar-refractivity contribution >= 4 is 5.97 Å². The van der Waals surface area contributed by atoms with Crippen LogP contribution in [0.3, 0.4) is 0 Å². The molecule has 3 rings (SSSR count). The van der Waals surface area contributed by atoms with Gasteiger partial charge in [-0.15, -0.1) is 0 Å². The van der Waals surface area contributed by atoms with E-state index in [1.807, 2.05) is 0 Å². The number of carbonyl (C=O) groups excluding carboxylic acids is 1. The SMILES string of the molecule is C[C@@H]1O[C@@H](O[C@@H]2[C@@H](O)[C@H](O)O[C@H](CO)[C@H]2OC(=O)CCc2ccc(O)c(O)c2)[C@H](O)[C@H](O)[C@H]1O. The summed E-state index contributed by atoms with van der Waals surface area (Å²) in [6.45, 7) is 0.694. The maximum absolute atomic E-state index is 12.5. The van der Waals surface area contributed by atoms with Crippen molar-refractivity contribution in [3.8, 4) is 11.5 Å². The number of esters is 1. The van der Waals surface area contributed by atoms with Crippen molar-refractivity contribution in [1.29, 1.82) is 0 Å². The maximum Gasteiger partial charge on any atom is 0.306 e. The zero-order valence-electron chi connectivity index (χ0n) is 18.2. The van der Waals surface area contributed by atoms with Crippen molar-refractivity contribution in [3.63, 3.8) is 0 Å². The summed E-state index contributed by atoms with van der Waals surface area (Å²) in [6.07, 6.45) is -15.3. The third-order valence-electron chi connectivity index (χ3n) is 5.84. The van der Waals surface area contributed by atoms with Crippen molar-refractivity contribution in [1.82, 2.24) is 0 Å². The predicted octanol–water partition coefficient (Wildman–Crippen LogP) is -2.77. The second-order valence-corrected chi connectivity index (χ2v) is 8.30. The summed E-state index contributed by atoms with van der Waals surface area (Å²) in [5, 5.41) is 79.1. The van der Waals surface area contributed by atoms with Crippen LogP contribution >= 0.6 is 0 Å². The smallest absolute Gasteiger partial charge is 0.306 e. The van der Waals surface area contributed by atoms with E-state index in [2.05, 4.69) is 0 Å². The molecule has 0 bridgehead atoms. The Kier molecular flexibility index (Phi) is 8.67. The largest absolute Gasteiger partial charge is 0.504 e. The van der Waals surface area contributed by atoms with Gasteiger partial charge in [0.2, 0.25) is 0 Å². The zero-order chi connectivity index (χ0) is 25.2. The van der Waals surface area contributed by atoms with Crippen LogP contribution < -0.4 is 0 Å². The molecular formula is C21H30O13. The van der Waals surface area contributed by atoms with Crippen LogP contribution in [0, 0.1) is 0 Å². The lowest BCUT2D eigenvalue weighted by Crippen LogP contribution is -2.64. The fourth-order valence-electron chi connectivity index (χ4n) is 3.82. The number of phenols is 2. The summed E-state index contributed by atoms with van der Waals surface area (Å²) < 4.78 is 21.4. The minimum atomic E-state index is -1.83. The van der Waals surface area contributed by atoms with E-state index in [0.717, 1.165) is 0 Å². The van der Waals surface area contributed by atoms with Gasteiger partial charge in [-0.2, -0.15) is 0 Å². The molecule has 10 atom stereocenters. The topological polar surface area (TPSA) is 216 Å². The number of hydrogen-bond acceptors (Lipinski definition) is 13. The molecule has 0 unspecified atom stereocenters. The highest BCUT2D eigenvalue weighted by Gasteiger charge is 2.51. The van der Waals surface area contributed by atoms with Crippen LogP contribution in [-0.2, 0) is 30.2 Å². The molecule has 0 saturated carbocycles. The number of carbonyl (C=O) groups is 1. The van der Waals surface area contributed by atoms with Gasteiger partial charge in [-0.05, 0) is 31.0 Å². The van der Waals surface area contributed by atoms with Crippen LogP contribution in [0.2, 0.25) is 0 Å². The first-order chi connectivity index (χ1) is 16.0. The summed E-state index contributed by atoms with van der Waals surface area (Å²) in [7, 11) is 0. The maximum atomic E-state index is 12.5. The molecule has 192 valence electrons. The Hall–Kier alpha value is -2.07. The van der Waals surface area contributed by atoms with Crippen molar-refractivity contribution in [3.05, 3.63) is 23.8 Å². The number of rotatable bonds is 7. The van der Waals surface area contributed by atoms with Crippen molar-refractivity contribution < 1.29 is 64.6 Å². The Balaban J connectivity index is 1.72. The van der Waals surface area contributed by atoms with Crippen molar-refractivity contribution in [2.45, 2.75) is 81.2 Å². The Labute approximate surface area is 194 Å². The third-order valence-corrected chi connectivity index (χ3v) is 5.84. The van der Waals surface area contributed by atoms with E-state index in [-0.39, 0.29) is 24.3 Å². The molecule has 13 nitrogen and oxygen atoms in total. The van der Waals surface area contributed by atoms with Gasteiger partial charge in [0.15, 0.2) is 30.2 Å². The summed E-state index contributed by atoms with van der Waals surface area (Å²) in [5.41, 5.74) is 0.523. The standard InChI is InChI=1S/C21H30O13/c1-8-14(26)15(27)16(28)21(31-8)34-19-17(29)20(30)32-12(7-22)18(19)33-13(25)5-3-9-2-4-10(23)11(24)6-9/h2,4,6,8,12,14-24,26-30H,3,5,7H2,1H3/t8-,12+,14-,15+,16+,17+,18+,19+,20+,21-/m0/s1. The van der Waals surface area contributed by atoms with Gasteiger partial charge in [-0.3, -0.25) is 4.79 Å². The van der Waals surface area contributed by atoms with E-state index >= 15 is 0 Å². The van der Waals surface area contributed by atoms with Gasteiger partial charge in [-0.25, -0.2) is 0 Å². The number of aromatic hydroxyl groups is 2. The van der Waals surface area contributed by atoms with Gasteiger partial charge >= 0.3 is 5.97 Å². The lowest BCUT2D eigenvalue weighted by Gasteiger charge is -2.45. The number of aryl methyl sites for hydroxylation is 1. The second kappa shape index (κ2) is 11.1. The summed E-state index contributed by atoms with van der Waals surface area (Å²) in [6, 6.07) is 4.03. The summed E-state index contributed by atoms with van der Waals surface area (Å²) in [5.74, 6) is -1.47. The van der Waals surface area contributed by atoms with Gasteiger partial charge in [0.1, 0.15) is 36.6 Å². The normalized spacial score (nSPS) is 38.4. The molecule has 2 aliphatic heterocycles. The van der Waals surface area contributed by atoms with E-state index in [4.69, 9.17) is 18.9 Å². The molecule has 2 fully saturated rings. The van der Waals surface area contributed by atoms with Crippen molar-refractivity contribution in [2.75, 3.05) is 6.61 Å². The molecule has 1 aromatic rings. The summed E-state index contributed by atoms with van der Waals surface area (Å²) in [4.78, 5) is 12.5. The lowest BCUT2D eigenvalue weighted by molar-refractivity contribution is -0.353. The molecule has 0 aliphatic carbocycles. The quantitative estimate of drug-likeness (QED) is 0.144. The number of ether oxygens (including phenoxy) is 4. The van der Waals surface area contributed by atoms with E-state index in [1.165, 1.54) is 25.1 Å². The highest BCUT2D eigenvalue weighted by atomic mass is 16.7. The van der Waals surface area contributed by atoms with Crippen LogP contribution in [0.4, 0.5) is 0 Å². The molecule has 0 aromatic heterocycles. The minimum absolute atomic E-state index is 0.118. The fraction of sp³-hybridized carbons (Fsp3) is 0.667. The number of hydrogen-bond donors (Lipinski definition) is 8. The Morgan fingerprint density at radius 2 is 1.65 bits per heavy atom. The monoisotopic (exact) mass is 490 g/mol. The molecule has 13 heteroatoms. The number of phenolic OH excluding ortho intramolecular Hbond substituents is 2. The Morgan fingerprint density at radius 1 is 0.941 bits per heavy atom. The molecule has 2 aliphatic rings. The molecule has 0 amide bonds. The highest BCUT2D eigenvalue weighted by molar-refractivity contribution is 5.70. The first-order valence-corrected chi connectivity index (χ1v) is 10.7. The molecule has 8 N–H and O–H groups in total. The van der Waals surface area contributed by atoms with Gasteiger partial charge in [0.25, 0.3) is 0 Å². The molecule has 34 heavy (non-hydrogen) atoms. The van der Waals surface area contributed by atoms with Gasteiger partial charge in [0, 0.05) is 6.42 Å². The second-order valence-electron chi connectivity index (χ2n) is 8.30. The minimum Gasteiger partial charge on any atom is -0.504 e. The first-order valence-electron chi connectivity index (χ1n) is 10.7. The van der Waals surface area contributed by atoms with Crippen LogP contribution in [0.1, 0.15) is 18.9 Å². The van der Waals surface area contributed by atoms with E-state index in [9.17, 15) is 45.6 Å². The third kappa shape index (κ3) is 5.76. The van der Waals surface area contributed by atoms with Crippen LogP contribution in [0.5, 0.6) is 11.5 Å². The Morgan fingerprint density at radius 3 is 2.29 bits per heavy atom. The molecule has 1 aromatic carbocycles. The van der Waals surface area contributed by atoms with Gasteiger partial charge in [-0.1, -0.05) is 6.07 Å².